The molecule has 1 heterocycles. The van der Waals surface area contributed by atoms with Crippen LogP contribution in [0.25, 0.3) is 11.1 Å². The molecule has 3 aromatic rings. The summed E-state index contributed by atoms with van der Waals surface area (Å²) >= 11 is 0. The number of ether oxygens (including phenoxy) is 1. The van der Waals surface area contributed by atoms with Gasteiger partial charge in [0.2, 0.25) is 0 Å². The molecular weight excluding hydrogens is 366 g/mol. The zero-order valence-corrected chi connectivity index (χ0v) is 16.2. The second-order valence-electron chi connectivity index (χ2n) is 7.87. The van der Waals surface area contributed by atoms with Crippen molar-refractivity contribution in [1.29, 1.82) is 0 Å². The summed E-state index contributed by atoms with van der Waals surface area (Å²) < 4.78 is 7.33. The molecule has 2 N–H and O–H groups in total. The first-order chi connectivity index (χ1) is 14.1. The van der Waals surface area contributed by atoms with E-state index in [0.29, 0.717) is 6.42 Å². The quantitative estimate of drug-likeness (QED) is 0.717. The summed E-state index contributed by atoms with van der Waals surface area (Å²) in [6.07, 6.45) is 3.13. The number of rotatable bonds is 4. The SMILES string of the molecule is Cc1cnn([C@@H]2[C@@H](O)C[C@H]2NC(=O)OCC2c3ccccc3-c3ccccc32)c1. The number of nitrogens with one attached hydrogen (secondary N) is 1. The molecule has 1 amide bonds. The third-order valence-electron chi connectivity index (χ3n) is 5.98. The van der Waals surface area contributed by atoms with E-state index in [1.165, 1.54) is 22.3 Å². The van der Waals surface area contributed by atoms with Crippen molar-refractivity contribution in [2.75, 3.05) is 6.61 Å². The Morgan fingerprint density at radius 1 is 1.17 bits per heavy atom. The van der Waals surface area contributed by atoms with Crippen LogP contribution in [0.3, 0.4) is 0 Å². The molecule has 0 aliphatic heterocycles. The van der Waals surface area contributed by atoms with Gasteiger partial charge >= 0.3 is 6.09 Å². The van der Waals surface area contributed by atoms with Crippen molar-refractivity contribution < 1.29 is 14.6 Å². The second-order valence-corrected chi connectivity index (χ2v) is 7.87. The minimum atomic E-state index is -0.520. The lowest BCUT2D eigenvalue weighted by molar-refractivity contribution is -0.00765. The molecule has 1 fully saturated rings. The molecule has 0 radical (unpaired) electrons. The van der Waals surface area contributed by atoms with Crippen molar-refractivity contribution in [2.45, 2.75) is 37.5 Å². The van der Waals surface area contributed by atoms with E-state index in [-0.39, 0.29) is 24.6 Å². The molecule has 0 bridgehead atoms. The maximum absolute atomic E-state index is 12.5. The summed E-state index contributed by atoms with van der Waals surface area (Å²) in [5.74, 6) is 0.0321. The molecule has 0 spiro atoms. The summed E-state index contributed by atoms with van der Waals surface area (Å²) in [6, 6.07) is 16.1. The molecule has 29 heavy (non-hydrogen) atoms. The monoisotopic (exact) mass is 389 g/mol. The minimum absolute atomic E-state index is 0.0321. The molecule has 5 rings (SSSR count). The van der Waals surface area contributed by atoms with E-state index in [1.807, 2.05) is 37.4 Å². The molecule has 0 saturated heterocycles. The number of hydrogen-bond acceptors (Lipinski definition) is 4. The van der Waals surface area contributed by atoms with Crippen molar-refractivity contribution in [3.8, 4) is 11.1 Å². The molecule has 1 saturated carbocycles. The Bertz CT molecular complexity index is 1020. The summed E-state index contributed by atoms with van der Waals surface area (Å²) in [5, 5.41) is 17.3. The van der Waals surface area contributed by atoms with Crippen molar-refractivity contribution in [2.24, 2.45) is 0 Å². The molecule has 2 aliphatic carbocycles. The van der Waals surface area contributed by atoms with Crippen LogP contribution in [0, 0.1) is 6.92 Å². The number of carbonyl (C=O) groups excluding carboxylic acids is 1. The first kappa shape index (κ1) is 17.9. The predicted molar refractivity (Wildman–Crippen MR) is 109 cm³/mol. The van der Waals surface area contributed by atoms with Crippen LogP contribution in [0.2, 0.25) is 0 Å². The third-order valence-corrected chi connectivity index (χ3v) is 5.98. The van der Waals surface area contributed by atoms with Gasteiger partial charge in [-0.15, -0.1) is 0 Å². The molecule has 2 aromatic carbocycles. The number of alkyl carbamates (subject to hydrolysis) is 1. The molecule has 3 atom stereocenters. The average Bonchev–Trinajstić information content (AvgIpc) is 3.27. The highest BCUT2D eigenvalue weighted by molar-refractivity contribution is 5.79. The van der Waals surface area contributed by atoms with E-state index in [0.717, 1.165) is 5.56 Å². The van der Waals surface area contributed by atoms with Gasteiger partial charge in [-0.3, -0.25) is 4.68 Å². The number of aliphatic hydroxyl groups is 1. The van der Waals surface area contributed by atoms with E-state index < -0.39 is 12.2 Å². The van der Waals surface area contributed by atoms with Gasteiger partial charge in [-0.05, 0) is 41.2 Å². The number of hydrogen-bond donors (Lipinski definition) is 2. The molecule has 0 unspecified atom stereocenters. The maximum atomic E-state index is 12.5. The Hall–Kier alpha value is -3.12. The first-order valence-electron chi connectivity index (χ1n) is 9.92. The van der Waals surface area contributed by atoms with Gasteiger partial charge in [-0.2, -0.15) is 5.10 Å². The van der Waals surface area contributed by atoms with Gasteiger partial charge in [-0.1, -0.05) is 48.5 Å². The Morgan fingerprint density at radius 2 is 1.83 bits per heavy atom. The highest BCUT2D eigenvalue weighted by Crippen LogP contribution is 2.44. The van der Waals surface area contributed by atoms with Gasteiger partial charge in [0.1, 0.15) is 6.61 Å². The van der Waals surface area contributed by atoms with E-state index in [1.54, 1.807) is 10.9 Å². The van der Waals surface area contributed by atoms with Crippen molar-refractivity contribution >= 4 is 6.09 Å². The topological polar surface area (TPSA) is 76.4 Å². The zero-order valence-electron chi connectivity index (χ0n) is 16.2. The lowest BCUT2D eigenvalue weighted by atomic mass is 9.83. The Balaban J connectivity index is 1.26. The largest absolute Gasteiger partial charge is 0.449 e. The average molecular weight is 389 g/mol. The number of benzene rings is 2. The smallest absolute Gasteiger partial charge is 0.407 e. The van der Waals surface area contributed by atoms with Crippen LogP contribution < -0.4 is 5.32 Å². The van der Waals surface area contributed by atoms with Crippen LogP contribution in [0.1, 0.15) is 35.1 Å². The summed E-state index contributed by atoms with van der Waals surface area (Å²) in [6.45, 7) is 2.23. The lowest BCUT2D eigenvalue weighted by Crippen LogP contribution is -2.56. The van der Waals surface area contributed by atoms with Crippen molar-refractivity contribution in [3.63, 3.8) is 0 Å². The number of nitrogens with zero attached hydrogens (tertiary/aromatic N) is 2. The van der Waals surface area contributed by atoms with Crippen LogP contribution in [-0.4, -0.2) is 39.7 Å². The van der Waals surface area contributed by atoms with Gasteiger partial charge < -0.3 is 15.2 Å². The fourth-order valence-corrected chi connectivity index (χ4v) is 4.50. The second kappa shape index (κ2) is 7.04. The molecule has 6 nitrogen and oxygen atoms in total. The van der Waals surface area contributed by atoms with Crippen molar-refractivity contribution in [1.82, 2.24) is 15.1 Å². The zero-order chi connectivity index (χ0) is 20.0. The van der Waals surface area contributed by atoms with Gasteiger partial charge in [-0.25, -0.2) is 4.79 Å². The number of carbonyl (C=O) groups is 1. The van der Waals surface area contributed by atoms with Crippen LogP contribution in [0.15, 0.2) is 60.9 Å². The molecule has 1 aromatic heterocycles. The Labute approximate surface area is 169 Å². The van der Waals surface area contributed by atoms with E-state index in [4.69, 9.17) is 4.74 Å². The fourth-order valence-electron chi connectivity index (χ4n) is 4.50. The number of aliphatic hydroxyl groups excluding tert-OH is 1. The number of aryl methyl sites for hydroxylation is 1. The van der Waals surface area contributed by atoms with Gasteiger partial charge in [0.15, 0.2) is 0 Å². The normalized spacial score (nSPS) is 22.5. The highest BCUT2D eigenvalue weighted by atomic mass is 16.5. The van der Waals surface area contributed by atoms with Crippen molar-refractivity contribution in [3.05, 3.63) is 77.6 Å². The predicted octanol–water partition coefficient (Wildman–Crippen LogP) is 3.40. The fraction of sp³-hybridized carbons (Fsp3) is 0.304. The molecule has 148 valence electrons. The summed E-state index contributed by atoms with van der Waals surface area (Å²) in [7, 11) is 0. The van der Waals surface area contributed by atoms with E-state index in [2.05, 4.69) is 34.7 Å². The van der Waals surface area contributed by atoms with Gasteiger partial charge in [0.05, 0.1) is 24.4 Å². The Kier molecular flexibility index (Phi) is 4.36. The summed E-state index contributed by atoms with van der Waals surface area (Å²) in [5.41, 5.74) is 5.79. The number of fused-ring (bicyclic) bond motifs is 3. The molecule has 6 heteroatoms. The summed E-state index contributed by atoms with van der Waals surface area (Å²) in [4.78, 5) is 12.5. The van der Waals surface area contributed by atoms with Crippen LogP contribution >= 0.6 is 0 Å². The van der Waals surface area contributed by atoms with Gasteiger partial charge in [0, 0.05) is 12.1 Å². The van der Waals surface area contributed by atoms with Crippen LogP contribution in [-0.2, 0) is 4.74 Å². The Morgan fingerprint density at radius 3 is 2.41 bits per heavy atom. The maximum Gasteiger partial charge on any atom is 0.407 e. The lowest BCUT2D eigenvalue weighted by Gasteiger charge is -2.41. The number of amides is 1. The highest BCUT2D eigenvalue weighted by Gasteiger charge is 2.43. The van der Waals surface area contributed by atoms with Crippen LogP contribution in [0.5, 0.6) is 0 Å². The van der Waals surface area contributed by atoms with Gasteiger partial charge in [0.25, 0.3) is 0 Å². The molecular formula is C23H23N3O3. The third kappa shape index (κ3) is 3.09. The van der Waals surface area contributed by atoms with E-state index in [9.17, 15) is 9.90 Å². The van der Waals surface area contributed by atoms with Crippen LogP contribution in [0.4, 0.5) is 4.79 Å². The standard InChI is InChI=1S/C23H23N3O3/c1-14-11-24-26(12-14)22-20(10-21(22)27)25-23(28)29-13-19-17-8-4-2-6-15(17)16-7-3-5-9-18(16)19/h2-9,11-12,19-22,27H,10,13H2,1H3,(H,25,28)/t20-,21+,22+/m1/s1. The first-order valence-corrected chi connectivity index (χ1v) is 9.92. The minimum Gasteiger partial charge on any atom is -0.449 e. The number of aromatic nitrogens is 2. The van der Waals surface area contributed by atoms with E-state index >= 15 is 0 Å². The molecule has 2 aliphatic rings.